The summed E-state index contributed by atoms with van der Waals surface area (Å²) in [6.07, 6.45) is 13.5. The van der Waals surface area contributed by atoms with Gasteiger partial charge in [-0.3, -0.25) is 19.0 Å². The Labute approximate surface area is 454 Å². The number of nitrogens with one attached hydrogen (secondary N) is 3. The Morgan fingerprint density at radius 3 is 1.58 bits per heavy atom. The van der Waals surface area contributed by atoms with E-state index in [1.165, 1.54) is 43.8 Å². The summed E-state index contributed by atoms with van der Waals surface area (Å²) < 4.78 is 55.7. The summed E-state index contributed by atoms with van der Waals surface area (Å²) in [5.41, 5.74) is 5.55. The third-order valence-electron chi connectivity index (χ3n) is 13.5. The predicted octanol–water partition coefficient (Wildman–Crippen LogP) is 9.40. The number of hydrogen-bond acceptors (Lipinski definition) is 12. The number of carbonyl (C=O) groups is 2. The summed E-state index contributed by atoms with van der Waals surface area (Å²) in [7, 11) is -7.14. The zero-order chi connectivity index (χ0) is 52.4. The van der Waals surface area contributed by atoms with Gasteiger partial charge in [-0.25, -0.2) is 35.8 Å². The highest BCUT2D eigenvalue weighted by Crippen LogP contribution is 2.37. The van der Waals surface area contributed by atoms with Gasteiger partial charge in [0.15, 0.2) is 11.3 Å². The van der Waals surface area contributed by atoms with Crippen molar-refractivity contribution < 1.29 is 26.4 Å². The molecule has 18 nitrogen and oxygen atoms in total. The summed E-state index contributed by atoms with van der Waals surface area (Å²) in [6.45, 7) is 14.0. The maximum Gasteiger partial charge on any atom is 0.256 e. The van der Waals surface area contributed by atoms with Crippen LogP contribution in [0.3, 0.4) is 0 Å². The Hall–Kier alpha value is -4.96. The molecule has 4 aliphatic heterocycles. The van der Waals surface area contributed by atoms with Crippen LogP contribution in [0.1, 0.15) is 121 Å². The third-order valence-corrected chi connectivity index (χ3v) is 15.5. The summed E-state index contributed by atoms with van der Waals surface area (Å²) >= 11 is 18.5. The zero-order valence-electron chi connectivity index (χ0n) is 42.3. The molecule has 3 N–H and O–H groups in total. The van der Waals surface area contributed by atoms with Gasteiger partial charge in [-0.1, -0.05) is 48.7 Å². The van der Waals surface area contributed by atoms with Gasteiger partial charge in [0.2, 0.25) is 20.0 Å². The topological polar surface area (TPSA) is 209 Å². The minimum Gasteiger partial charge on any atom is -0.356 e. The molecule has 4 aliphatic rings. The number of anilines is 3. The van der Waals surface area contributed by atoms with Gasteiger partial charge in [-0.2, -0.15) is 10.2 Å². The fraction of sp³-hybridized carbons (Fsp3) is 0.480. The summed E-state index contributed by atoms with van der Waals surface area (Å²) in [5, 5.41) is 13.8. The molecule has 8 heterocycles. The Morgan fingerprint density at radius 2 is 1.15 bits per heavy atom. The van der Waals surface area contributed by atoms with Crippen molar-refractivity contribution in [3.63, 3.8) is 0 Å². The van der Waals surface area contributed by atoms with E-state index in [2.05, 4.69) is 50.5 Å². The smallest absolute Gasteiger partial charge is 0.256 e. The number of aromatic nitrogens is 6. The summed E-state index contributed by atoms with van der Waals surface area (Å²) in [4.78, 5) is 42.4. The van der Waals surface area contributed by atoms with Crippen LogP contribution in [0.25, 0.3) is 11.3 Å². The average Bonchev–Trinajstić information content (AvgIpc) is 4.17. The molecule has 4 atom stereocenters. The largest absolute Gasteiger partial charge is 0.356 e. The van der Waals surface area contributed by atoms with Crippen LogP contribution in [0.4, 0.5) is 17.2 Å². The van der Waals surface area contributed by atoms with E-state index in [0.29, 0.717) is 45.5 Å². The molecule has 24 heteroatoms. The highest BCUT2D eigenvalue weighted by Gasteiger charge is 2.34. The number of fused-ring (bicyclic) bond motifs is 2. The van der Waals surface area contributed by atoms with E-state index in [9.17, 15) is 26.4 Å². The quantitative estimate of drug-likeness (QED) is 0.116. The molecule has 0 aliphatic carbocycles. The molecule has 2 aromatic carbocycles. The predicted molar refractivity (Wildman–Crippen MR) is 295 cm³/mol. The molecule has 74 heavy (non-hydrogen) atoms. The lowest BCUT2D eigenvalue weighted by molar-refractivity contribution is 0.0600. The van der Waals surface area contributed by atoms with Crippen LogP contribution < -0.4 is 19.7 Å². The number of aryl methyl sites for hydroxylation is 2. The molecule has 0 unspecified atom stereocenters. The lowest BCUT2D eigenvalue weighted by Gasteiger charge is -2.35. The first-order chi connectivity index (χ1) is 34.6. The Kier molecular flexibility index (Phi) is 18.4. The Morgan fingerprint density at radius 1 is 0.649 bits per heavy atom. The number of hydrogen-bond donors (Lipinski definition) is 3. The SMILES string of the molecule is C[C@@H]1CCNC1.Cc1cn2nc([C@@H]3CCCCN3C(=O)c3cc(Cl)ccc3NS(C)(=O)=O)cc2nc1Cl.Cc1cn2nc([C@@H]3CCCCN3C(=O)c3cc(Cl)ccc3NS(C)(=O)=O)cc2nc1N1CC[C@@H](C)C1.Cl. The Balaban J connectivity index is 0.000000193. The third kappa shape index (κ3) is 13.9. The van der Waals surface area contributed by atoms with Crippen molar-refractivity contribution in [2.45, 2.75) is 91.1 Å². The first-order valence-corrected chi connectivity index (χ1v) is 29.5. The van der Waals surface area contributed by atoms with Gasteiger partial charge in [0.25, 0.3) is 11.8 Å². The van der Waals surface area contributed by atoms with Gasteiger partial charge in [0.1, 0.15) is 11.0 Å². The summed E-state index contributed by atoms with van der Waals surface area (Å²) in [5.74, 6) is 1.99. The molecule has 0 bridgehead atoms. The van der Waals surface area contributed by atoms with Crippen molar-refractivity contribution in [1.82, 2.24) is 44.3 Å². The fourth-order valence-corrected chi connectivity index (χ4v) is 11.5. The molecule has 4 fully saturated rings. The first-order valence-electron chi connectivity index (χ1n) is 24.6. The molecule has 4 aromatic heterocycles. The van der Waals surface area contributed by atoms with Crippen molar-refractivity contribution in [2.24, 2.45) is 11.8 Å². The number of sulfonamides is 2. The molecular formula is C50H64Cl4N12O6S2. The van der Waals surface area contributed by atoms with Crippen LogP contribution in [0.2, 0.25) is 15.2 Å². The van der Waals surface area contributed by atoms with Gasteiger partial charge in [0.05, 0.1) is 58.5 Å². The standard InChI is InChI=1S/C25H31ClN6O3S.C20H21Cl2N5O3S.C5H11N.ClH/c1-16-9-11-30(14-16)24-17(2)15-32-23(27-24)13-21(28-32)22-6-4-5-10-31(22)25(33)19-12-18(26)7-8-20(19)29-36(3,34)35;1-12-11-27-18(23-19(12)22)10-16(24-27)17-5-3-4-8-26(17)20(28)14-9-13(21)6-7-15(14)25-31(2,29)30;1-5-2-3-6-4-5;/h7-8,12-13,15-16,22,29H,4-6,9-11,14H2,1-3H3;6-7,9-11,17,25H,3-5,8H2,1-2H3;5-6H,2-4H2,1H3;1H/t16-,22+;17-;5-;/m101./s1. The second-order valence-corrected chi connectivity index (χ2v) is 24.5. The molecule has 400 valence electrons. The van der Waals surface area contributed by atoms with Crippen molar-refractivity contribution in [3.05, 3.63) is 110 Å². The average molecular weight is 1140 g/mol. The number of halogens is 4. The number of carbonyl (C=O) groups excluding carboxylic acids is 2. The van der Waals surface area contributed by atoms with Gasteiger partial charge in [-0.05, 0) is 127 Å². The van der Waals surface area contributed by atoms with Crippen molar-refractivity contribution >= 4 is 108 Å². The van der Waals surface area contributed by atoms with E-state index >= 15 is 0 Å². The van der Waals surface area contributed by atoms with E-state index in [1.807, 2.05) is 25.3 Å². The number of nitrogens with zero attached hydrogens (tertiary/aromatic N) is 9. The molecule has 2 amide bonds. The van der Waals surface area contributed by atoms with Crippen LogP contribution in [-0.4, -0.2) is 119 Å². The van der Waals surface area contributed by atoms with Gasteiger partial charge < -0.3 is 20.0 Å². The van der Waals surface area contributed by atoms with E-state index in [-0.39, 0.29) is 58.8 Å². The molecular weight excluding hydrogens is 1070 g/mol. The monoisotopic (exact) mass is 1130 g/mol. The highest BCUT2D eigenvalue weighted by molar-refractivity contribution is 7.92. The number of likely N-dealkylation sites (tertiary alicyclic amines) is 2. The van der Waals surface area contributed by atoms with Gasteiger partial charge in [-0.15, -0.1) is 12.4 Å². The van der Waals surface area contributed by atoms with Gasteiger partial charge in [0, 0.05) is 71.9 Å². The van der Waals surface area contributed by atoms with Crippen LogP contribution >= 0.6 is 47.2 Å². The normalized spacial score (nSPS) is 20.1. The fourth-order valence-electron chi connectivity index (χ4n) is 9.84. The number of benzene rings is 2. The van der Waals surface area contributed by atoms with Gasteiger partial charge >= 0.3 is 0 Å². The van der Waals surface area contributed by atoms with E-state index in [0.717, 1.165) is 105 Å². The molecule has 10 rings (SSSR count). The molecule has 0 spiro atoms. The minimum absolute atomic E-state index is 0. The zero-order valence-corrected chi connectivity index (χ0v) is 47.0. The second kappa shape index (κ2) is 23.9. The van der Waals surface area contributed by atoms with Crippen LogP contribution in [0, 0.1) is 25.7 Å². The van der Waals surface area contributed by atoms with Crippen LogP contribution in [0.15, 0.2) is 60.9 Å². The molecule has 0 saturated carbocycles. The number of piperidine rings is 2. The van der Waals surface area contributed by atoms with Crippen LogP contribution in [0.5, 0.6) is 0 Å². The number of rotatable bonds is 9. The van der Waals surface area contributed by atoms with Crippen molar-refractivity contribution in [1.29, 1.82) is 0 Å². The Bertz CT molecular complexity index is 3200. The highest BCUT2D eigenvalue weighted by atomic mass is 35.5. The van der Waals surface area contributed by atoms with E-state index < -0.39 is 20.0 Å². The molecule has 6 aromatic rings. The van der Waals surface area contributed by atoms with E-state index in [4.69, 9.17) is 44.9 Å². The molecule has 4 saturated heterocycles. The second-order valence-electron chi connectivity index (χ2n) is 19.8. The first kappa shape index (κ1) is 56.8. The minimum atomic E-state index is -3.57. The lowest BCUT2D eigenvalue weighted by Crippen LogP contribution is -2.39. The number of amides is 2. The maximum absolute atomic E-state index is 13.7. The van der Waals surface area contributed by atoms with Crippen molar-refractivity contribution in [2.75, 3.05) is 66.1 Å². The van der Waals surface area contributed by atoms with Crippen molar-refractivity contribution in [3.8, 4) is 0 Å². The molecule has 0 radical (unpaired) electrons. The summed E-state index contributed by atoms with van der Waals surface area (Å²) in [6, 6.07) is 12.4. The maximum atomic E-state index is 13.7. The van der Waals surface area contributed by atoms with Crippen LogP contribution in [-0.2, 0) is 20.0 Å². The van der Waals surface area contributed by atoms with E-state index in [1.54, 1.807) is 37.2 Å². The lowest BCUT2D eigenvalue weighted by atomic mass is 9.98.